The number of hydrogen-bond acceptors (Lipinski definition) is 11. The summed E-state index contributed by atoms with van der Waals surface area (Å²) in [5.74, 6) is -3.95. The standard InChI is InChI=1S/C45H48N2O10/c1-5-52-43(49)26-36(45(51)54-7-3)35(44(50)53-6-2)25-42(48)47(27-30-19-20-31-13-8-9-14-32(31)23-30)29(4)34(33-21-22-39-40(24-33)56-28-55-39)15-12-18-41-46-37-16-10-11-17-38(37)57-41/h8-14,16-24,29,34-36H,5-7,15,25-28H2,1-4H3. The van der Waals surface area contributed by atoms with Crippen LogP contribution in [0.2, 0.25) is 0 Å². The summed E-state index contributed by atoms with van der Waals surface area (Å²) in [4.78, 5) is 61.1. The Morgan fingerprint density at radius 1 is 0.772 bits per heavy atom. The zero-order valence-electron chi connectivity index (χ0n) is 32.7. The van der Waals surface area contributed by atoms with Crippen LogP contribution >= 0.6 is 0 Å². The molecule has 57 heavy (non-hydrogen) atoms. The van der Waals surface area contributed by atoms with Crippen LogP contribution in [0.15, 0.2) is 95.4 Å². The number of para-hydroxylation sites is 2. The van der Waals surface area contributed by atoms with Crippen LogP contribution in [0.1, 0.15) is 69.9 Å². The molecule has 6 rings (SSSR count). The van der Waals surface area contributed by atoms with Gasteiger partial charge in [0.15, 0.2) is 17.1 Å². The van der Waals surface area contributed by atoms with Crippen molar-refractivity contribution in [3.8, 4) is 11.5 Å². The highest BCUT2D eigenvalue weighted by Gasteiger charge is 2.41. The van der Waals surface area contributed by atoms with Gasteiger partial charge in [0.25, 0.3) is 0 Å². The van der Waals surface area contributed by atoms with Crippen LogP contribution in [-0.2, 0) is 39.9 Å². The predicted molar refractivity (Wildman–Crippen MR) is 213 cm³/mol. The lowest BCUT2D eigenvalue weighted by molar-refractivity contribution is -0.165. The van der Waals surface area contributed by atoms with Gasteiger partial charge >= 0.3 is 17.9 Å². The van der Waals surface area contributed by atoms with E-state index in [1.165, 1.54) is 0 Å². The number of nitrogens with zero attached hydrogens (tertiary/aromatic N) is 2. The summed E-state index contributed by atoms with van der Waals surface area (Å²) in [7, 11) is 0. The fraction of sp³-hybridized carbons (Fsp3) is 0.356. The van der Waals surface area contributed by atoms with Crippen molar-refractivity contribution in [3.05, 3.63) is 108 Å². The maximum absolute atomic E-state index is 14.9. The first-order valence-electron chi connectivity index (χ1n) is 19.4. The van der Waals surface area contributed by atoms with Gasteiger partial charge in [-0.2, -0.15) is 0 Å². The summed E-state index contributed by atoms with van der Waals surface area (Å²) >= 11 is 0. The maximum Gasteiger partial charge on any atom is 0.310 e. The largest absolute Gasteiger partial charge is 0.466 e. The van der Waals surface area contributed by atoms with Crippen LogP contribution in [-0.4, -0.2) is 66.4 Å². The molecule has 0 N–H and O–H groups in total. The molecule has 1 aromatic heterocycles. The molecule has 0 radical (unpaired) electrons. The molecule has 4 unspecified atom stereocenters. The second-order valence-electron chi connectivity index (χ2n) is 13.8. The van der Waals surface area contributed by atoms with E-state index in [2.05, 4.69) is 4.98 Å². The Labute approximate surface area is 331 Å². The normalized spacial score (nSPS) is 14.2. The molecule has 298 valence electrons. The number of oxazole rings is 1. The van der Waals surface area contributed by atoms with Crippen molar-refractivity contribution in [3.63, 3.8) is 0 Å². The maximum atomic E-state index is 14.9. The van der Waals surface area contributed by atoms with Crippen molar-refractivity contribution in [2.45, 2.75) is 65.5 Å². The van der Waals surface area contributed by atoms with E-state index in [-0.39, 0.29) is 39.1 Å². The Balaban J connectivity index is 1.39. The summed E-state index contributed by atoms with van der Waals surface area (Å²) in [5, 5.41) is 2.05. The van der Waals surface area contributed by atoms with Crippen LogP contribution < -0.4 is 9.47 Å². The van der Waals surface area contributed by atoms with E-state index in [0.29, 0.717) is 29.4 Å². The monoisotopic (exact) mass is 776 g/mol. The molecule has 0 spiro atoms. The number of esters is 3. The van der Waals surface area contributed by atoms with E-state index in [4.69, 9.17) is 28.1 Å². The quantitative estimate of drug-likeness (QED) is 0.0631. The first-order chi connectivity index (χ1) is 27.7. The van der Waals surface area contributed by atoms with E-state index in [1.54, 1.807) is 25.7 Å². The van der Waals surface area contributed by atoms with Gasteiger partial charge in [0.2, 0.25) is 18.6 Å². The molecule has 0 fully saturated rings. The zero-order chi connectivity index (χ0) is 40.3. The Bertz CT molecular complexity index is 2200. The van der Waals surface area contributed by atoms with Gasteiger partial charge in [-0.25, -0.2) is 4.98 Å². The summed E-state index contributed by atoms with van der Waals surface area (Å²) < 4.78 is 33.2. The van der Waals surface area contributed by atoms with Crippen molar-refractivity contribution in [2.75, 3.05) is 26.6 Å². The molecular formula is C45H48N2O10. The van der Waals surface area contributed by atoms with Crippen LogP contribution in [0, 0.1) is 11.8 Å². The number of carbonyl (C=O) groups excluding carboxylic acids is 4. The summed E-state index contributed by atoms with van der Waals surface area (Å²) in [6.45, 7) is 7.26. The number of allylic oxidation sites excluding steroid dienone is 1. The van der Waals surface area contributed by atoms with Crippen LogP contribution in [0.3, 0.4) is 0 Å². The number of rotatable bonds is 18. The van der Waals surface area contributed by atoms with E-state index >= 15 is 0 Å². The number of aromatic nitrogens is 1. The number of hydrogen-bond donors (Lipinski definition) is 0. The summed E-state index contributed by atoms with van der Waals surface area (Å²) in [5.41, 5.74) is 3.16. The third-order valence-corrected chi connectivity index (χ3v) is 10.1. The second kappa shape index (κ2) is 19.1. The number of ether oxygens (including phenoxy) is 5. The van der Waals surface area contributed by atoms with Gasteiger partial charge in [-0.3, -0.25) is 19.2 Å². The van der Waals surface area contributed by atoms with Crippen LogP contribution in [0.25, 0.3) is 27.9 Å². The zero-order valence-corrected chi connectivity index (χ0v) is 32.7. The third kappa shape index (κ3) is 9.99. The molecule has 12 nitrogen and oxygen atoms in total. The molecular weight excluding hydrogens is 728 g/mol. The highest BCUT2D eigenvalue weighted by atomic mass is 16.7. The SMILES string of the molecule is CCOC(=O)CC(C(=O)OCC)C(CC(=O)N(Cc1ccc2ccccc2c1)C(C)C(CC=Cc1nc2ccccc2o1)c1ccc2c(c1)OCO2)C(=O)OCC. The van der Waals surface area contributed by atoms with E-state index in [0.717, 1.165) is 27.4 Å². The second-order valence-corrected chi connectivity index (χ2v) is 13.8. The summed E-state index contributed by atoms with van der Waals surface area (Å²) in [6, 6.07) is 26.7. The fourth-order valence-electron chi connectivity index (χ4n) is 7.23. The highest BCUT2D eigenvalue weighted by molar-refractivity contribution is 5.90. The van der Waals surface area contributed by atoms with Crippen LogP contribution in [0.4, 0.5) is 0 Å². The Morgan fingerprint density at radius 2 is 1.46 bits per heavy atom. The Hall–Kier alpha value is -6.17. The first-order valence-corrected chi connectivity index (χ1v) is 19.4. The minimum Gasteiger partial charge on any atom is -0.466 e. The highest BCUT2D eigenvalue weighted by Crippen LogP contribution is 2.38. The average Bonchev–Trinajstić information content (AvgIpc) is 3.86. The lowest BCUT2D eigenvalue weighted by atomic mass is 9.84. The molecule has 4 aromatic carbocycles. The van der Waals surface area contributed by atoms with Crippen molar-refractivity contribution < 1.29 is 47.3 Å². The predicted octanol–water partition coefficient (Wildman–Crippen LogP) is 8.02. The van der Waals surface area contributed by atoms with Crippen molar-refractivity contribution in [1.29, 1.82) is 0 Å². The number of fused-ring (bicyclic) bond motifs is 3. The molecule has 0 saturated carbocycles. The molecule has 12 heteroatoms. The van der Waals surface area contributed by atoms with Crippen LogP contribution in [0.5, 0.6) is 11.5 Å². The molecule has 1 aliphatic rings. The fourth-order valence-corrected chi connectivity index (χ4v) is 7.23. The smallest absolute Gasteiger partial charge is 0.310 e. The molecule has 4 atom stereocenters. The van der Waals surface area contributed by atoms with Gasteiger partial charge in [-0.1, -0.05) is 60.7 Å². The lowest BCUT2D eigenvalue weighted by Gasteiger charge is -2.36. The van der Waals surface area contributed by atoms with E-state index < -0.39 is 54.5 Å². The molecule has 5 aromatic rings. The number of benzene rings is 4. The number of carbonyl (C=O) groups is 4. The Morgan fingerprint density at radius 3 is 2.19 bits per heavy atom. The van der Waals surface area contributed by atoms with Gasteiger partial charge in [0.1, 0.15) is 5.52 Å². The van der Waals surface area contributed by atoms with Gasteiger partial charge in [0, 0.05) is 24.9 Å². The third-order valence-electron chi connectivity index (χ3n) is 10.1. The first kappa shape index (κ1) is 40.5. The van der Waals surface area contributed by atoms with E-state index in [1.807, 2.05) is 104 Å². The molecule has 0 aliphatic carbocycles. The van der Waals surface area contributed by atoms with Crippen molar-refractivity contribution >= 4 is 51.8 Å². The number of amides is 1. The van der Waals surface area contributed by atoms with Gasteiger partial charge in [-0.15, -0.1) is 0 Å². The lowest BCUT2D eigenvalue weighted by Crippen LogP contribution is -2.44. The summed E-state index contributed by atoms with van der Waals surface area (Å²) in [6.07, 6.45) is 3.36. The molecule has 0 saturated heterocycles. The van der Waals surface area contributed by atoms with Gasteiger partial charge in [0.05, 0.1) is 38.1 Å². The topological polar surface area (TPSA) is 144 Å². The minimum absolute atomic E-state index is 0.00823. The minimum atomic E-state index is -1.32. The molecule has 1 amide bonds. The van der Waals surface area contributed by atoms with Crippen molar-refractivity contribution in [2.24, 2.45) is 11.8 Å². The average molecular weight is 777 g/mol. The molecule has 0 bridgehead atoms. The van der Waals surface area contributed by atoms with Gasteiger partial charge in [-0.05, 0) is 92.4 Å². The van der Waals surface area contributed by atoms with Gasteiger partial charge < -0.3 is 33.0 Å². The van der Waals surface area contributed by atoms with E-state index in [9.17, 15) is 19.2 Å². The molecule has 1 aliphatic heterocycles. The van der Waals surface area contributed by atoms with Crippen molar-refractivity contribution in [1.82, 2.24) is 9.88 Å². The molecule has 2 heterocycles. The Kier molecular flexibility index (Phi) is 13.6.